The number of nitrogens with zero attached hydrogens (tertiary/aromatic N) is 3. The molecule has 0 saturated carbocycles. The van der Waals surface area contributed by atoms with E-state index in [1.807, 2.05) is 11.4 Å². The highest BCUT2D eigenvalue weighted by molar-refractivity contribution is 7.16. The zero-order valence-electron chi connectivity index (χ0n) is 11.7. The summed E-state index contributed by atoms with van der Waals surface area (Å²) in [6.07, 6.45) is 2.37. The van der Waals surface area contributed by atoms with Crippen LogP contribution in [-0.4, -0.2) is 33.2 Å². The molecule has 1 atom stereocenters. The molecule has 1 unspecified atom stereocenters. The van der Waals surface area contributed by atoms with Crippen molar-refractivity contribution >= 4 is 22.2 Å². The fourth-order valence-electron chi connectivity index (χ4n) is 2.35. The van der Waals surface area contributed by atoms with E-state index in [0.29, 0.717) is 13.2 Å². The number of carbonyl (C=O) groups excluding carboxylic acids is 1. The summed E-state index contributed by atoms with van der Waals surface area (Å²) in [6.45, 7) is 5.14. The Kier molecular flexibility index (Phi) is 3.71. The van der Waals surface area contributed by atoms with Crippen molar-refractivity contribution in [2.45, 2.75) is 45.8 Å². The van der Waals surface area contributed by atoms with Crippen molar-refractivity contribution in [2.75, 3.05) is 6.61 Å². The number of aryl methyl sites for hydroxylation is 2. The maximum atomic E-state index is 12.0. The first-order valence-electron chi connectivity index (χ1n) is 6.92. The fourth-order valence-corrected chi connectivity index (χ4v) is 3.24. The Labute approximate surface area is 121 Å². The van der Waals surface area contributed by atoms with Gasteiger partial charge in [0.2, 0.25) is 10.9 Å². The van der Waals surface area contributed by atoms with Gasteiger partial charge in [0.1, 0.15) is 11.1 Å². The Morgan fingerprint density at radius 3 is 3.15 bits per heavy atom. The molecule has 108 valence electrons. The summed E-state index contributed by atoms with van der Waals surface area (Å²) in [5.41, 5.74) is 1.86. The number of rotatable bonds is 4. The number of ether oxygens (including phenoxy) is 1. The molecule has 3 rings (SSSR count). The minimum atomic E-state index is -0.291. The molecule has 1 fully saturated rings. The van der Waals surface area contributed by atoms with Crippen molar-refractivity contribution in [1.29, 1.82) is 0 Å². The fraction of sp³-hybridized carbons (Fsp3) is 0.615. The molecule has 1 N–H and O–H groups in total. The quantitative estimate of drug-likeness (QED) is 0.927. The van der Waals surface area contributed by atoms with Gasteiger partial charge in [-0.3, -0.25) is 4.79 Å². The number of imidazole rings is 1. The predicted octanol–water partition coefficient (Wildman–Crippen LogP) is 1.46. The number of hydrogen-bond acceptors (Lipinski definition) is 5. The van der Waals surface area contributed by atoms with Crippen LogP contribution in [-0.2, 0) is 22.5 Å². The highest BCUT2D eigenvalue weighted by Crippen LogP contribution is 2.19. The van der Waals surface area contributed by atoms with E-state index in [4.69, 9.17) is 4.74 Å². The zero-order valence-corrected chi connectivity index (χ0v) is 12.5. The molecule has 1 saturated heterocycles. The monoisotopic (exact) mass is 294 g/mol. The van der Waals surface area contributed by atoms with Gasteiger partial charge in [0.25, 0.3) is 0 Å². The topological polar surface area (TPSA) is 68.5 Å². The lowest BCUT2D eigenvalue weighted by atomic mass is 10.2. The second-order valence-electron chi connectivity index (χ2n) is 4.91. The molecule has 1 aliphatic heterocycles. The second-order valence-corrected chi connectivity index (χ2v) is 5.95. The smallest absolute Gasteiger partial charge is 0.249 e. The standard InChI is InChI=1S/C13H18N4O2S/c1-3-11-16-17-9(8(2)15-13(17)20-11)7-14-12(18)10-5-4-6-19-10/h10H,3-7H2,1-2H3,(H,14,18). The first kappa shape index (κ1) is 13.5. The molecule has 1 amide bonds. The van der Waals surface area contributed by atoms with Gasteiger partial charge in [-0.25, -0.2) is 9.50 Å². The van der Waals surface area contributed by atoms with Crippen molar-refractivity contribution in [3.05, 3.63) is 16.4 Å². The highest BCUT2D eigenvalue weighted by Gasteiger charge is 2.24. The number of aromatic nitrogens is 3. The van der Waals surface area contributed by atoms with Gasteiger partial charge in [-0.05, 0) is 26.2 Å². The third kappa shape index (κ3) is 2.43. The van der Waals surface area contributed by atoms with Crippen molar-refractivity contribution < 1.29 is 9.53 Å². The van der Waals surface area contributed by atoms with Crippen molar-refractivity contribution in [1.82, 2.24) is 19.9 Å². The maximum absolute atomic E-state index is 12.0. The van der Waals surface area contributed by atoms with Crippen LogP contribution in [0.25, 0.3) is 4.96 Å². The van der Waals surface area contributed by atoms with Crippen molar-refractivity contribution in [2.24, 2.45) is 0 Å². The third-order valence-electron chi connectivity index (χ3n) is 3.49. The third-order valence-corrected chi connectivity index (χ3v) is 4.55. The lowest BCUT2D eigenvalue weighted by Gasteiger charge is -2.10. The van der Waals surface area contributed by atoms with E-state index in [-0.39, 0.29) is 12.0 Å². The molecule has 0 bridgehead atoms. The molecule has 0 aromatic carbocycles. The summed E-state index contributed by atoms with van der Waals surface area (Å²) in [7, 11) is 0. The highest BCUT2D eigenvalue weighted by atomic mass is 32.1. The number of fused-ring (bicyclic) bond motifs is 1. The molecule has 2 aromatic heterocycles. The van der Waals surface area contributed by atoms with Crippen LogP contribution in [0.4, 0.5) is 0 Å². The van der Waals surface area contributed by atoms with Crippen LogP contribution in [0.2, 0.25) is 0 Å². The summed E-state index contributed by atoms with van der Waals surface area (Å²) in [6, 6.07) is 0. The van der Waals surface area contributed by atoms with E-state index in [9.17, 15) is 4.79 Å². The van der Waals surface area contributed by atoms with E-state index in [1.165, 1.54) is 0 Å². The Hall–Kier alpha value is -1.47. The Bertz CT molecular complexity index is 628. The van der Waals surface area contributed by atoms with Gasteiger partial charge in [-0.1, -0.05) is 18.3 Å². The second kappa shape index (κ2) is 5.49. The molecule has 6 nitrogen and oxygen atoms in total. The largest absolute Gasteiger partial charge is 0.368 e. The van der Waals surface area contributed by atoms with Crippen LogP contribution in [0.15, 0.2) is 0 Å². The molecular weight excluding hydrogens is 276 g/mol. The van der Waals surface area contributed by atoms with Gasteiger partial charge in [-0.15, -0.1) is 0 Å². The number of carbonyl (C=O) groups is 1. The molecule has 7 heteroatoms. The van der Waals surface area contributed by atoms with E-state index >= 15 is 0 Å². The van der Waals surface area contributed by atoms with Crippen LogP contribution >= 0.6 is 11.3 Å². The van der Waals surface area contributed by atoms with E-state index in [0.717, 1.165) is 40.6 Å². The molecule has 2 aromatic rings. The molecule has 20 heavy (non-hydrogen) atoms. The summed E-state index contributed by atoms with van der Waals surface area (Å²) in [4.78, 5) is 17.3. The summed E-state index contributed by atoms with van der Waals surface area (Å²) >= 11 is 1.60. The number of amides is 1. The van der Waals surface area contributed by atoms with Gasteiger partial charge in [0.15, 0.2) is 0 Å². The van der Waals surface area contributed by atoms with Crippen LogP contribution in [0.3, 0.4) is 0 Å². The minimum Gasteiger partial charge on any atom is -0.368 e. The lowest BCUT2D eigenvalue weighted by Crippen LogP contribution is -2.34. The SMILES string of the molecule is CCc1nn2c(CNC(=O)C3CCCO3)c(C)nc2s1. The van der Waals surface area contributed by atoms with Crippen LogP contribution in [0, 0.1) is 6.92 Å². The van der Waals surface area contributed by atoms with Gasteiger partial charge in [-0.2, -0.15) is 5.10 Å². The molecule has 0 aliphatic carbocycles. The maximum Gasteiger partial charge on any atom is 0.249 e. The first-order chi connectivity index (χ1) is 9.69. The predicted molar refractivity (Wildman–Crippen MR) is 75.8 cm³/mol. The zero-order chi connectivity index (χ0) is 14.1. The number of nitrogens with one attached hydrogen (secondary N) is 1. The molecule has 3 heterocycles. The van der Waals surface area contributed by atoms with Gasteiger partial charge < -0.3 is 10.1 Å². The Morgan fingerprint density at radius 1 is 1.60 bits per heavy atom. The summed E-state index contributed by atoms with van der Waals surface area (Å²) in [5, 5.41) is 8.50. The lowest BCUT2D eigenvalue weighted by molar-refractivity contribution is -0.130. The van der Waals surface area contributed by atoms with Gasteiger partial charge in [0.05, 0.1) is 17.9 Å². The number of hydrogen-bond donors (Lipinski definition) is 1. The molecule has 0 radical (unpaired) electrons. The molecular formula is C13H18N4O2S. The van der Waals surface area contributed by atoms with E-state index in [1.54, 1.807) is 11.3 Å². The normalized spacial score (nSPS) is 18.8. The van der Waals surface area contributed by atoms with Gasteiger partial charge >= 0.3 is 0 Å². The van der Waals surface area contributed by atoms with Crippen molar-refractivity contribution in [3.8, 4) is 0 Å². The first-order valence-corrected chi connectivity index (χ1v) is 7.74. The molecule has 0 spiro atoms. The minimum absolute atomic E-state index is 0.0391. The average Bonchev–Trinajstić information content (AvgIpc) is 3.12. The summed E-state index contributed by atoms with van der Waals surface area (Å²) < 4.78 is 7.22. The van der Waals surface area contributed by atoms with Crippen LogP contribution < -0.4 is 5.32 Å². The average molecular weight is 294 g/mol. The van der Waals surface area contributed by atoms with E-state index in [2.05, 4.69) is 22.3 Å². The van der Waals surface area contributed by atoms with Gasteiger partial charge in [0, 0.05) is 6.61 Å². The summed E-state index contributed by atoms with van der Waals surface area (Å²) in [5.74, 6) is -0.0391. The van der Waals surface area contributed by atoms with Crippen LogP contribution in [0.5, 0.6) is 0 Å². The Balaban J connectivity index is 1.74. The Morgan fingerprint density at radius 2 is 2.45 bits per heavy atom. The molecule has 1 aliphatic rings. The van der Waals surface area contributed by atoms with Crippen LogP contribution in [0.1, 0.15) is 36.2 Å². The van der Waals surface area contributed by atoms with Crippen molar-refractivity contribution in [3.63, 3.8) is 0 Å². The van der Waals surface area contributed by atoms with E-state index < -0.39 is 0 Å².